The SMILES string of the molecule is CCCCCCCCCCCCCCCC(=O)OCC(COC(=O)CCCCCCCCCCCCCCC)OC(=O)CCC(=O)O.CCCCCCCCCCCCCCCC(=O)OCC(O)COC(=O)CCCCCCCCCCCCCCC.O=C1CCC(=O)O1. The number of ether oxygens (including phenoxy) is 6. The predicted molar refractivity (Wildman–Crippen MR) is 378 cm³/mol. The van der Waals surface area contributed by atoms with Crippen LogP contribution in [0.3, 0.4) is 0 Å². The van der Waals surface area contributed by atoms with E-state index in [1.807, 2.05) is 0 Å². The van der Waals surface area contributed by atoms with E-state index in [0.29, 0.717) is 12.8 Å². The molecule has 0 saturated carbocycles. The molecule has 1 aliphatic rings. The van der Waals surface area contributed by atoms with Gasteiger partial charge in [0.1, 0.15) is 32.5 Å². The third kappa shape index (κ3) is 75.3. The summed E-state index contributed by atoms with van der Waals surface area (Å²) in [6, 6.07) is 0. The van der Waals surface area contributed by atoms with E-state index in [9.17, 15) is 43.5 Å². The maximum absolute atomic E-state index is 12.3. The fraction of sp³-hybridized carbons (Fsp3) is 0.897. The lowest BCUT2D eigenvalue weighted by Gasteiger charge is -2.18. The molecule has 1 saturated heterocycles. The number of carbonyl (C=O) groups is 8. The van der Waals surface area contributed by atoms with Crippen LogP contribution in [0.1, 0.15) is 413 Å². The molecule has 0 aromatic carbocycles. The van der Waals surface area contributed by atoms with Gasteiger partial charge in [-0.25, -0.2) is 0 Å². The molecule has 1 aliphatic heterocycles. The molecule has 94 heavy (non-hydrogen) atoms. The zero-order chi connectivity index (χ0) is 69.3. The van der Waals surface area contributed by atoms with Gasteiger partial charge >= 0.3 is 47.8 Å². The quantitative estimate of drug-likeness (QED) is 0.0249. The van der Waals surface area contributed by atoms with Crippen LogP contribution in [0.2, 0.25) is 0 Å². The van der Waals surface area contributed by atoms with E-state index in [4.69, 9.17) is 28.8 Å². The molecule has 2 N–H and O–H groups in total. The number of unbranched alkanes of at least 4 members (excludes halogenated alkanes) is 48. The summed E-state index contributed by atoms with van der Waals surface area (Å²) in [7, 11) is 0. The smallest absolute Gasteiger partial charge is 0.314 e. The lowest BCUT2D eigenvalue weighted by molar-refractivity contribution is -0.167. The van der Waals surface area contributed by atoms with Crippen LogP contribution in [-0.4, -0.2) is 96.6 Å². The van der Waals surface area contributed by atoms with Crippen LogP contribution >= 0.6 is 0 Å². The summed E-state index contributed by atoms with van der Waals surface area (Å²) in [4.78, 5) is 91.3. The zero-order valence-corrected chi connectivity index (χ0v) is 61.0. The Morgan fingerprint density at radius 2 is 0.500 bits per heavy atom. The number of esters is 7. The van der Waals surface area contributed by atoms with Crippen molar-refractivity contribution in [2.24, 2.45) is 0 Å². The molecule has 16 nitrogen and oxygen atoms in total. The van der Waals surface area contributed by atoms with Crippen LogP contribution in [-0.2, 0) is 66.8 Å². The Morgan fingerprint density at radius 3 is 0.691 bits per heavy atom. The molecule has 0 aromatic heterocycles. The second kappa shape index (κ2) is 74.7. The highest BCUT2D eigenvalue weighted by Crippen LogP contribution is 2.19. The standard InChI is InChI=1S/C39H72O8.C35H68O5.C4H4O3/c1-3-5-7-9-11-13-15-17-19-21-23-25-27-29-37(42)45-33-35(47-39(44)32-31-36(40)41)34-46-38(43)30-28-26-24-22-20-18-16-14-12-10-8-6-4-2;1-3-5-7-9-11-13-15-17-19-21-23-25-27-29-34(37)39-31-33(36)32-40-35(38)30-28-26-24-22-20-18-16-14-12-10-8-6-4-2;5-3-1-2-4(6)7-3/h35H,3-34H2,1-2H3,(H,40,41);33,36H,3-32H2,1-2H3;1-2H2. The number of cyclic esters (lactones) is 2. The molecule has 0 atom stereocenters. The minimum atomic E-state index is -1.10. The molecule has 1 rings (SSSR count). The minimum Gasteiger partial charge on any atom is -0.481 e. The van der Waals surface area contributed by atoms with E-state index >= 15 is 0 Å². The van der Waals surface area contributed by atoms with Crippen molar-refractivity contribution in [3.63, 3.8) is 0 Å². The topological polar surface area (TPSA) is 232 Å². The van der Waals surface area contributed by atoms with Crippen LogP contribution in [0.25, 0.3) is 0 Å². The first-order valence-corrected chi connectivity index (χ1v) is 39.2. The van der Waals surface area contributed by atoms with Crippen LogP contribution in [0.5, 0.6) is 0 Å². The van der Waals surface area contributed by atoms with Gasteiger partial charge in [-0.15, -0.1) is 0 Å². The highest BCUT2D eigenvalue weighted by Gasteiger charge is 2.21. The molecule has 0 amide bonds. The van der Waals surface area contributed by atoms with Gasteiger partial charge < -0.3 is 38.6 Å². The Hall–Kier alpha value is -4.08. The summed E-state index contributed by atoms with van der Waals surface area (Å²) >= 11 is 0. The number of hydrogen-bond donors (Lipinski definition) is 2. The third-order valence-corrected chi connectivity index (χ3v) is 17.3. The van der Waals surface area contributed by atoms with Crippen molar-refractivity contribution in [3.05, 3.63) is 0 Å². The molecule has 0 radical (unpaired) electrons. The number of carboxylic acids is 1. The molecular weight excluding hydrogens is 1190 g/mol. The first-order valence-electron chi connectivity index (χ1n) is 39.2. The van der Waals surface area contributed by atoms with Gasteiger partial charge in [-0.1, -0.05) is 336 Å². The molecule has 552 valence electrons. The van der Waals surface area contributed by atoms with Crippen LogP contribution in [0.4, 0.5) is 0 Å². The Balaban J connectivity index is 0. The van der Waals surface area contributed by atoms with Gasteiger partial charge in [0, 0.05) is 25.7 Å². The molecule has 0 bridgehead atoms. The van der Waals surface area contributed by atoms with E-state index in [-0.39, 0.29) is 88.8 Å². The van der Waals surface area contributed by atoms with Crippen molar-refractivity contribution < 1.29 is 77.0 Å². The average molecular weight is 1340 g/mol. The predicted octanol–water partition coefficient (Wildman–Crippen LogP) is 21.1. The molecule has 16 heteroatoms. The van der Waals surface area contributed by atoms with Crippen molar-refractivity contribution in [1.82, 2.24) is 0 Å². The van der Waals surface area contributed by atoms with E-state index in [2.05, 4.69) is 32.4 Å². The van der Waals surface area contributed by atoms with Gasteiger partial charge in [0.15, 0.2) is 6.10 Å². The first kappa shape index (κ1) is 92.0. The van der Waals surface area contributed by atoms with E-state index < -0.39 is 36.1 Å². The van der Waals surface area contributed by atoms with Gasteiger partial charge in [-0.2, -0.15) is 0 Å². The molecule has 0 unspecified atom stereocenters. The number of carbonyl (C=O) groups excluding carboxylic acids is 7. The Morgan fingerprint density at radius 1 is 0.298 bits per heavy atom. The fourth-order valence-electron chi connectivity index (χ4n) is 11.2. The van der Waals surface area contributed by atoms with E-state index in [1.54, 1.807) is 0 Å². The summed E-state index contributed by atoms with van der Waals surface area (Å²) in [5, 5.41) is 18.8. The van der Waals surface area contributed by atoms with Crippen LogP contribution in [0, 0.1) is 0 Å². The average Bonchev–Trinajstić information content (AvgIpc) is 4.18. The highest BCUT2D eigenvalue weighted by molar-refractivity contribution is 5.92. The number of aliphatic carboxylic acids is 1. The Labute approximate surface area is 573 Å². The normalized spacial score (nSPS) is 11.9. The van der Waals surface area contributed by atoms with E-state index in [0.717, 1.165) is 64.2 Å². The van der Waals surface area contributed by atoms with Crippen LogP contribution in [0.15, 0.2) is 0 Å². The summed E-state index contributed by atoms with van der Waals surface area (Å²) in [5.41, 5.74) is 0. The van der Waals surface area contributed by atoms with Gasteiger partial charge in [0.2, 0.25) is 0 Å². The number of carboxylic acid groups (broad SMARTS) is 1. The summed E-state index contributed by atoms with van der Waals surface area (Å²) in [5.74, 6) is -3.93. The van der Waals surface area contributed by atoms with Crippen molar-refractivity contribution in [2.75, 3.05) is 26.4 Å². The van der Waals surface area contributed by atoms with Gasteiger partial charge in [-0.05, 0) is 25.7 Å². The van der Waals surface area contributed by atoms with Gasteiger partial charge in [0.25, 0.3) is 0 Å². The Kier molecular flexibility index (Phi) is 73.1. The molecule has 1 fully saturated rings. The second-order valence-electron chi connectivity index (χ2n) is 26.7. The van der Waals surface area contributed by atoms with Crippen molar-refractivity contribution in [3.8, 4) is 0 Å². The largest absolute Gasteiger partial charge is 0.481 e. The fourth-order valence-corrected chi connectivity index (χ4v) is 11.2. The van der Waals surface area contributed by atoms with Crippen molar-refractivity contribution in [2.45, 2.75) is 425 Å². The molecule has 0 aromatic rings. The monoisotopic (exact) mass is 1340 g/mol. The zero-order valence-electron chi connectivity index (χ0n) is 61.0. The molecular formula is C78H144O16. The van der Waals surface area contributed by atoms with E-state index in [1.165, 1.54) is 270 Å². The number of hydrogen-bond acceptors (Lipinski definition) is 15. The van der Waals surface area contributed by atoms with Crippen LogP contribution < -0.4 is 0 Å². The highest BCUT2D eigenvalue weighted by atomic mass is 16.6. The Bertz CT molecular complexity index is 1650. The lowest BCUT2D eigenvalue weighted by atomic mass is 10.0. The summed E-state index contributed by atoms with van der Waals surface area (Å²) in [6.07, 6.45) is 64.2. The number of aliphatic hydroxyl groups excluding tert-OH is 1. The molecule has 1 heterocycles. The van der Waals surface area contributed by atoms with Crippen molar-refractivity contribution >= 4 is 47.8 Å². The maximum atomic E-state index is 12.3. The number of rotatable bonds is 68. The van der Waals surface area contributed by atoms with Gasteiger partial charge in [0.05, 0.1) is 25.7 Å². The lowest BCUT2D eigenvalue weighted by Crippen LogP contribution is -2.31. The second-order valence-corrected chi connectivity index (χ2v) is 26.7. The molecule has 0 aliphatic carbocycles. The van der Waals surface area contributed by atoms with Crippen molar-refractivity contribution in [1.29, 1.82) is 0 Å². The number of aliphatic hydroxyl groups is 1. The first-order chi connectivity index (χ1) is 45.8. The molecule has 0 spiro atoms. The summed E-state index contributed by atoms with van der Waals surface area (Å²) < 4.78 is 30.3. The summed E-state index contributed by atoms with van der Waals surface area (Å²) in [6.45, 7) is 8.35. The van der Waals surface area contributed by atoms with Gasteiger partial charge in [-0.3, -0.25) is 38.4 Å². The third-order valence-electron chi connectivity index (χ3n) is 17.3. The minimum absolute atomic E-state index is 0.108. The maximum Gasteiger partial charge on any atom is 0.314 e.